The van der Waals surface area contributed by atoms with E-state index in [0.29, 0.717) is 36.7 Å². The Bertz CT molecular complexity index is 997. The third-order valence-electron chi connectivity index (χ3n) is 7.32. The molecule has 2 aromatic heterocycles. The minimum atomic E-state index is -0.407. The molecule has 1 aliphatic heterocycles. The molecule has 2 N–H and O–H groups in total. The molecule has 2 aromatic rings. The summed E-state index contributed by atoms with van der Waals surface area (Å²) in [5.74, 6) is 1.39. The summed E-state index contributed by atoms with van der Waals surface area (Å²) in [6.07, 6.45) is 8.97. The lowest BCUT2D eigenvalue weighted by molar-refractivity contribution is 0.0455. The summed E-state index contributed by atoms with van der Waals surface area (Å²) in [4.78, 5) is 9.43. The highest BCUT2D eigenvalue weighted by molar-refractivity contribution is 6.33. The number of hydrogen-bond donors (Lipinski definition) is 2. The zero-order valence-electron chi connectivity index (χ0n) is 20.6. The summed E-state index contributed by atoms with van der Waals surface area (Å²) in [5, 5.41) is 17.3. The van der Waals surface area contributed by atoms with Crippen LogP contribution >= 0.6 is 11.6 Å². The average molecular weight is 498 g/mol. The average Bonchev–Trinajstić information content (AvgIpc) is 2.90. The summed E-state index contributed by atoms with van der Waals surface area (Å²) < 4.78 is 10.6. The molecule has 4 rings (SSSR count). The number of pyridine rings is 2. The fourth-order valence-electron chi connectivity index (χ4n) is 5.05. The highest BCUT2D eigenvalue weighted by Crippen LogP contribution is 2.32. The largest absolute Gasteiger partial charge is 0.383 e. The fourth-order valence-corrected chi connectivity index (χ4v) is 5.25. The van der Waals surface area contributed by atoms with Crippen LogP contribution in [0.1, 0.15) is 44.2 Å². The summed E-state index contributed by atoms with van der Waals surface area (Å²) in [6.45, 7) is 3.49. The van der Waals surface area contributed by atoms with Crippen LogP contribution in [0.3, 0.4) is 0 Å². The number of ether oxygens (including phenoxy) is 2. The molecule has 0 amide bonds. The molecule has 2 aliphatic rings. The summed E-state index contributed by atoms with van der Waals surface area (Å²) >= 11 is 6.55. The van der Waals surface area contributed by atoms with Crippen molar-refractivity contribution >= 4 is 17.4 Å². The van der Waals surface area contributed by atoms with E-state index in [2.05, 4.69) is 27.8 Å². The van der Waals surface area contributed by atoms with E-state index in [1.165, 1.54) is 25.7 Å². The van der Waals surface area contributed by atoms with Gasteiger partial charge in [0.15, 0.2) is 0 Å². The van der Waals surface area contributed by atoms with Gasteiger partial charge in [0.1, 0.15) is 5.82 Å². The molecule has 35 heavy (non-hydrogen) atoms. The van der Waals surface area contributed by atoms with Crippen LogP contribution < -0.4 is 10.6 Å². The van der Waals surface area contributed by atoms with Gasteiger partial charge in [-0.05, 0) is 69.1 Å². The molecular formula is C27H36ClN5O2. The molecule has 8 heteroatoms. The number of nitrogens with zero attached hydrogens (tertiary/aromatic N) is 3. The highest BCUT2D eigenvalue weighted by Gasteiger charge is 2.32. The van der Waals surface area contributed by atoms with Gasteiger partial charge in [0.25, 0.3) is 0 Å². The second-order valence-electron chi connectivity index (χ2n) is 9.79. The maximum absolute atomic E-state index is 9.72. The molecule has 0 radical (unpaired) electrons. The Morgan fingerprint density at radius 3 is 2.77 bits per heavy atom. The van der Waals surface area contributed by atoms with Crippen LogP contribution in [0.5, 0.6) is 0 Å². The molecule has 1 aliphatic carbocycles. The van der Waals surface area contributed by atoms with Crippen molar-refractivity contribution in [2.75, 3.05) is 45.3 Å². The monoisotopic (exact) mass is 497 g/mol. The van der Waals surface area contributed by atoms with Gasteiger partial charge in [0.2, 0.25) is 0 Å². The molecule has 188 valence electrons. The van der Waals surface area contributed by atoms with Gasteiger partial charge in [-0.2, -0.15) is 5.26 Å². The van der Waals surface area contributed by atoms with Crippen molar-refractivity contribution in [3.05, 3.63) is 41.2 Å². The molecular weight excluding hydrogens is 462 g/mol. The van der Waals surface area contributed by atoms with E-state index in [-0.39, 0.29) is 0 Å². The van der Waals surface area contributed by atoms with E-state index in [9.17, 15) is 5.26 Å². The second-order valence-corrected chi connectivity index (χ2v) is 10.2. The first-order chi connectivity index (χ1) is 17.1. The quantitative estimate of drug-likeness (QED) is 0.452. The van der Waals surface area contributed by atoms with E-state index < -0.39 is 5.41 Å². The van der Waals surface area contributed by atoms with E-state index in [0.717, 1.165) is 55.2 Å². The topological polar surface area (TPSA) is 92.1 Å². The maximum Gasteiger partial charge on any atom is 0.126 e. The van der Waals surface area contributed by atoms with Crippen LogP contribution in [0, 0.1) is 22.7 Å². The molecule has 0 bridgehead atoms. The van der Waals surface area contributed by atoms with Gasteiger partial charge in [0.05, 0.1) is 28.8 Å². The molecule has 0 unspecified atom stereocenters. The van der Waals surface area contributed by atoms with Crippen molar-refractivity contribution in [2.24, 2.45) is 11.3 Å². The lowest BCUT2D eigenvalue weighted by Crippen LogP contribution is -2.35. The minimum Gasteiger partial charge on any atom is -0.383 e. The van der Waals surface area contributed by atoms with Crippen molar-refractivity contribution in [1.29, 1.82) is 5.26 Å². The Balaban J connectivity index is 1.38. The van der Waals surface area contributed by atoms with Crippen molar-refractivity contribution in [1.82, 2.24) is 15.3 Å². The SMILES string of the molecule is COCCNC1CCC(Cc2cc(-c3cccc(NCC4(C#N)CCOCC4)n3)c(Cl)cn2)CC1. The molecule has 0 aromatic carbocycles. The van der Waals surface area contributed by atoms with Gasteiger partial charge in [-0.3, -0.25) is 4.98 Å². The Morgan fingerprint density at radius 1 is 1.23 bits per heavy atom. The summed E-state index contributed by atoms with van der Waals surface area (Å²) in [7, 11) is 1.74. The van der Waals surface area contributed by atoms with Crippen molar-refractivity contribution < 1.29 is 9.47 Å². The Morgan fingerprint density at radius 2 is 2.03 bits per heavy atom. The van der Waals surface area contributed by atoms with E-state index >= 15 is 0 Å². The van der Waals surface area contributed by atoms with Crippen LogP contribution in [-0.2, 0) is 15.9 Å². The van der Waals surface area contributed by atoms with Crippen LogP contribution in [-0.4, -0.2) is 56.0 Å². The Hall–Kier alpha value is -2.24. The first kappa shape index (κ1) is 25.8. The lowest BCUT2D eigenvalue weighted by Gasteiger charge is -2.30. The van der Waals surface area contributed by atoms with Gasteiger partial charge in [0, 0.05) is 56.9 Å². The number of rotatable bonds is 10. The minimum absolute atomic E-state index is 0.407. The third-order valence-corrected chi connectivity index (χ3v) is 7.62. The second kappa shape index (κ2) is 12.6. The van der Waals surface area contributed by atoms with E-state index in [4.69, 9.17) is 26.1 Å². The van der Waals surface area contributed by atoms with Crippen LogP contribution in [0.4, 0.5) is 5.82 Å². The van der Waals surface area contributed by atoms with Gasteiger partial charge >= 0.3 is 0 Å². The third kappa shape index (κ3) is 7.14. The molecule has 3 heterocycles. The number of hydrogen-bond acceptors (Lipinski definition) is 7. The summed E-state index contributed by atoms with van der Waals surface area (Å²) in [5.41, 5.74) is 2.37. The fraction of sp³-hybridized carbons (Fsp3) is 0.593. The van der Waals surface area contributed by atoms with Gasteiger partial charge in [-0.15, -0.1) is 0 Å². The Labute approximate surface area is 213 Å². The van der Waals surface area contributed by atoms with Crippen molar-refractivity contribution in [2.45, 2.75) is 51.0 Å². The number of anilines is 1. The number of nitriles is 1. The summed E-state index contributed by atoms with van der Waals surface area (Å²) in [6, 6.07) is 11.1. The number of nitrogens with one attached hydrogen (secondary N) is 2. The Kier molecular flexibility index (Phi) is 9.33. The number of methoxy groups -OCH3 is 1. The van der Waals surface area contributed by atoms with E-state index in [1.54, 1.807) is 13.3 Å². The van der Waals surface area contributed by atoms with Gasteiger partial charge in [-0.25, -0.2) is 4.98 Å². The number of halogens is 1. The van der Waals surface area contributed by atoms with Crippen LogP contribution in [0.25, 0.3) is 11.3 Å². The van der Waals surface area contributed by atoms with Gasteiger partial charge < -0.3 is 20.1 Å². The molecule has 0 spiro atoms. The molecule has 7 nitrogen and oxygen atoms in total. The van der Waals surface area contributed by atoms with Crippen LogP contribution in [0.15, 0.2) is 30.5 Å². The normalized spacial score (nSPS) is 21.9. The van der Waals surface area contributed by atoms with Gasteiger partial charge in [-0.1, -0.05) is 17.7 Å². The molecule has 0 atom stereocenters. The van der Waals surface area contributed by atoms with Crippen LogP contribution in [0.2, 0.25) is 5.02 Å². The van der Waals surface area contributed by atoms with Crippen molar-refractivity contribution in [3.8, 4) is 17.3 Å². The standard InChI is InChI=1S/C27H36ClN5O2/c1-34-14-11-30-21-7-5-20(6-8-21)15-22-16-23(24(28)17-31-22)25-3-2-4-26(33-25)32-19-27(18-29)9-12-35-13-10-27/h2-4,16-17,20-21,30H,5-15,19H2,1H3,(H,32,33). The highest BCUT2D eigenvalue weighted by atomic mass is 35.5. The van der Waals surface area contributed by atoms with Crippen molar-refractivity contribution in [3.63, 3.8) is 0 Å². The number of aromatic nitrogens is 2. The first-order valence-electron chi connectivity index (χ1n) is 12.7. The smallest absolute Gasteiger partial charge is 0.126 e. The lowest BCUT2D eigenvalue weighted by atomic mass is 9.82. The molecule has 1 saturated heterocycles. The molecule has 2 fully saturated rings. The zero-order valence-corrected chi connectivity index (χ0v) is 21.3. The molecule has 1 saturated carbocycles. The first-order valence-corrected chi connectivity index (χ1v) is 13.1. The predicted octanol–water partition coefficient (Wildman–Crippen LogP) is 4.87. The maximum atomic E-state index is 9.72. The predicted molar refractivity (Wildman–Crippen MR) is 138 cm³/mol. The zero-order chi connectivity index (χ0) is 24.5. The van der Waals surface area contributed by atoms with E-state index in [1.807, 2.05) is 18.2 Å².